The van der Waals surface area contributed by atoms with E-state index in [1.54, 1.807) is 0 Å². The molecule has 3 aromatic rings. The highest BCUT2D eigenvalue weighted by molar-refractivity contribution is 7.98. The summed E-state index contributed by atoms with van der Waals surface area (Å²) in [6.07, 6.45) is 2.63. The zero-order valence-corrected chi connectivity index (χ0v) is 13.4. The molecule has 23 heavy (non-hydrogen) atoms. The Kier molecular flexibility index (Phi) is 4.11. The Morgan fingerprint density at radius 1 is 1.35 bits per heavy atom. The van der Waals surface area contributed by atoms with Gasteiger partial charge in [-0.05, 0) is 13.0 Å². The fourth-order valence-corrected chi connectivity index (χ4v) is 2.89. The van der Waals surface area contributed by atoms with Gasteiger partial charge in [0.15, 0.2) is 11.0 Å². The molecule has 3 rings (SSSR count). The molecule has 2 heterocycles. The average Bonchev–Trinajstić information content (AvgIpc) is 3.12. The van der Waals surface area contributed by atoms with Gasteiger partial charge in [-0.3, -0.25) is 14.8 Å². The molecule has 0 atom stereocenters. The first-order valence-electron chi connectivity index (χ1n) is 6.80. The number of nitrogens with zero attached hydrogens (tertiary/aromatic N) is 6. The molecule has 1 aromatic carbocycles. The van der Waals surface area contributed by atoms with Gasteiger partial charge < -0.3 is 4.57 Å². The second-order valence-electron chi connectivity index (χ2n) is 5.00. The van der Waals surface area contributed by atoms with Crippen LogP contribution >= 0.6 is 11.8 Å². The standard InChI is InChI=1S/C14H14N6O2S/c1-10-4-3-5-11(6-10)13-16-17-14(18(13)2)23-9-19-8-12(7-15-19)20(21)22/h3-8H,9H2,1-2H3. The van der Waals surface area contributed by atoms with Crippen molar-refractivity contribution in [3.8, 4) is 11.4 Å². The molecule has 0 bridgehead atoms. The third kappa shape index (κ3) is 3.24. The number of aryl methyl sites for hydroxylation is 1. The zero-order chi connectivity index (χ0) is 16.4. The number of hydrogen-bond acceptors (Lipinski definition) is 6. The van der Waals surface area contributed by atoms with Gasteiger partial charge in [0.25, 0.3) is 0 Å². The van der Waals surface area contributed by atoms with Crippen molar-refractivity contribution in [1.29, 1.82) is 0 Å². The summed E-state index contributed by atoms with van der Waals surface area (Å²) in [6, 6.07) is 8.05. The van der Waals surface area contributed by atoms with Crippen molar-refractivity contribution >= 4 is 17.4 Å². The molecule has 0 unspecified atom stereocenters. The summed E-state index contributed by atoms with van der Waals surface area (Å²) in [4.78, 5) is 10.2. The minimum atomic E-state index is -0.466. The molecule has 9 heteroatoms. The second kappa shape index (κ2) is 6.21. The molecule has 8 nitrogen and oxygen atoms in total. The van der Waals surface area contributed by atoms with Crippen molar-refractivity contribution in [3.05, 3.63) is 52.3 Å². The van der Waals surface area contributed by atoms with Gasteiger partial charge in [-0.2, -0.15) is 5.10 Å². The van der Waals surface area contributed by atoms with Gasteiger partial charge in [-0.1, -0.05) is 35.5 Å². The fourth-order valence-electron chi connectivity index (χ4n) is 2.12. The molecule has 118 valence electrons. The summed E-state index contributed by atoms with van der Waals surface area (Å²) >= 11 is 1.41. The molecule has 0 aliphatic rings. The first-order chi connectivity index (χ1) is 11.0. The summed E-state index contributed by atoms with van der Waals surface area (Å²) in [5.74, 6) is 1.20. The fraction of sp³-hybridized carbons (Fsp3) is 0.214. The predicted molar refractivity (Wildman–Crippen MR) is 85.9 cm³/mol. The van der Waals surface area contributed by atoms with Gasteiger partial charge in [0, 0.05) is 12.6 Å². The predicted octanol–water partition coefficient (Wildman–Crippen LogP) is 2.65. The van der Waals surface area contributed by atoms with Crippen molar-refractivity contribution in [1.82, 2.24) is 24.5 Å². The van der Waals surface area contributed by atoms with Crippen molar-refractivity contribution in [2.45, 2.75) is 18.0 Å². The number of rotatable bonds is 5. The first-order valence-corrected chi connectivity index (χ1v) is 7.79. The van der Waals surface area contributed by atoms with Gasteiger partial charge >= 0.3 is 5.69 Å². The molecule has 0 saturated carbocycles. The van der Waals surface area contributed by atoms with Crippen LogP contribution in [-0.2, 0) is 12.9 Å². The highest BCUT2D eigenvalue weighted by atomic mass is 32.2. The average molecular weight is 330 g/mol. The van der Waals surface area contributed by atoms with Crippen molar-refractivity contribution in [3.63, 3.8) is 0 Å². The van der Waals surface area contributed by atoms with E-state index in [0.29, 0.717) is 5.88 Å². The topological polar surface area (TPSA) is 91.7 Å². The molecule has 2 aromatic heterocycles. The van der Waals surface area contributed by atoms with Crippen LogP contribution in [0, 0.1) is 17.0 Å². The lowest BCUT2D eigenvalue weighted by Gasteiger charge is -2.04. The van der Waals surface area contributed by atoms with Crippen LogP contribution in [0.3, 0.4) is 0 Å². The van der Waals surface area contributed by atoms with E-state index in [0.717, 1.165) is 22.1 Å². The van der Waals surface area contributed by atoms with E-state index in [2.05, 4.69) is 21.4 Å². The van der Waals surface area contributed by atoms with Crippen LogP contribution in [0.2, 0.25) is 0 Å². The Balaban J connectivity index is 1.75. The Morgan fingerprint density at radius 2 is 2.17 bits per heavy atom. The lowest BCUT2D eigenvalue weighted by Crippen LogP contribution is -1.98. The Bertz CT molecular complexity index is 857. The minimum absolute atomic E-state index is 0.0241. The number of hydrogen-bond donors (Lipinski definition) is 0. The molecule has 0 radical (unpaired) electrons. The van der Waals surface area contributed by atoms with E-state index in [4.69, 9.17) is 0 Å². The van der Waals surface area contributed by atoms with E-state index in [9.17, 15) is 10.1 Å². The zero-order valence-electron chi connectivity index (χ0n) is 12.6. The third-order valence-corrected chi connectivity index (χ3v) is 4.27. The molecule has 0 N–H and O–H groups in total. The lowest BCUT2D eigenvalue weighted by atomic mass is 10.1. The second-order valence-corrected chi connectivity index (χ2v) is 5.92. The number of thioether (sulfide) groups is 1. The Morgan fingerprint density at radius 3 is 2.87 bits per heavy atom. The molecule has 0 aliphatic heterocycles. The summed E-state index contributed by atoms with van der Waals surface area (Å²) < 4.78 is 3.40. The third-order valence-electron chi connectivity index (χ3n) is 3.27. The van der Waals surface area contributed by atoms with Gasteiger partial charge in [-0.25, -0.2) is 0 Å². The van der Waals surface area contributed by atoms with E-state index in [1.807, 2.05) is 36.7 Å². The van der Waals surface area contributed by atoms with E-state index >= 15 is 0 Å². The Hall–Kier alpha value is -2.68. The summed E-state index contributed by atoms with van der Waals surface area (Å²) in [6.45, 7) is 2.03. The van der Waals surface area contributed by atoms with E-state index in [1.165, 1.54) is 28.8 Å². The van der Waals surface area contributed by atoms with Crippen LogP contribution in [0.15, 0.2) is 41.8 Å². The van der Waals surface area contributed by atoms with Crippen LogP contribution in [0.5, 0.6) is 0 Å². The molecule has 0 saturated heterocycles. The quantitative estimate of drug-likeness (QED) is 0.406. The van der Waals surface area contributed by atoms with Crippen LogP contribution in [-0.4, -0.2) is 29.5 Å². The number of aromatic nitrogens is 5. The molecule has 0 spiro atoms. The maximum atomic E-state index is 10.6. The maximum Gasteiger partial charge on any atom is 0.307 e. The van der Waals surface area contributed by atoms with Gasteiger partial charge in [0.2, 0.25) is 0 Å². The van der Waals surface area contributed by atoms with Crippen LogP contribution < -0.4 is 0 Å². The SMILES string of the molecule is Cc1cccc(-c2nnc(SCn3cc([N+](=O)[O-])cn3)n2C)c1. The normalized spacial score (nSPS) is 10.9. The largest absolute Gasteiger partial charge is 0.307 e. The Labute approximate surface area is 136 Å². The highest BCUT2D eigenvalue weighted by Gasteiger charge is 2.13. The van der Waals surface area contributed by atoms with E-state index in [-0.39, 0.29) is 5.69 Å². The van der Waals surface area contributed by atoms with Gasteiger partial charge in [0.1, 0.15) is 12.4 Å². The summed E-state index contributed by atoms with van der Waals surface area (Å²) in [5, 5.41) is 23.7. The highest BCUT2D eigenvalue weighted by Crippen LogP contribution is 2.24. The van der Waals surface area contributed by atoms with Crippen LogP contribution in [0.1, 0.15) is 5.56 Å². The van der Waals surface area contributed by atoms with Crippen molar-refractivity contribution < 1.29 is 4.92 Å². The van der Waals surface area contributed by atoms with Crippen LogP contribution in [0.4, 0.5) is 5.69 Å². The summed E-state index contributed by atoms with van der Waals surface area (Å²) in [5.41, 5.74) is 2.13. The molecular formula is C14H14N6O2S. The van der Waals surface area contributed by atoms with Gasteiger partial charge in [-0.15, -0.1) is 10.2 Å². The molecule has 0 amide bonds. The number of nitro groups is 1. The maximum absolute atomic E-state index is 10.6. The molecule has 0 fully saturated rings. The van der Waals surface area contributed by atoms with E-state index < -0.39 is 4.92 Å². The lowest BCUT2D eigenvalue weighted by molar-refractivity contribution is -0.385. The van der Waals surface area contributed by atoms with Crippen molar-refractivity contribution in [2.75, 3.05) is 0 Å². The monoisotopic (exact) mass is 330 g/mol. The molecular weight excluding hydrogens is 316 g/mol. The molecule has 0 aliphatic carbocycles. The number of benzene rings is 1. The first kappa shape index (κ1) is 15.2. The van der Waals surface area contributed by atoms with Gasteiger partial charge in [0.05, 0.1) is 10.8 Å². The van der Waals surface area contributed by atoms with Crippen molar-refractivity contribution in [2.24, 2.45) is 7.05 Å². The smallest absolute Gasteiger partial charge is 0.305 e. The van der Waals surface area contributed by atoms with Crippen LogP contribution in [0.25, 0.3) is 11.4 Å². The minimum Gasteiger partial charge on any atom is -0.305 e. The summed E-state index contributed by atoms with van der Waals surface area (Å²) in [7, 11) is 1.89.